The third kappa shape index (κ3) is 5.72. The smallest absolute Gasteiger partial charge is 0.267 e. The van der Waals surface area contributed by atoms with Crippen LogP contribution in [0.5, 0.6) is 0 Å². The molecule has 0 bridgehead atoms. The van der Waals surface area contributed by atoms with Crippen molar-refractivity contribution in [2.45, 2.75) is 0 Å². The first-order valence-electron chi connectivity index (χ1n) is 5.35. The molecule has 1 heterocycles. The van der Waals surface area contributed by atoms with E-state index in [4.69, 9.17) is 4.74 Å². The van der Waals surface area contributed by atoms with Gasteiger partial charge in [-0.25, -0.2) is 0 Å². The molecule has 0 aromatic carbocycles. The molecular weight excluding hydrogens is 242 g/mol. The highest BCUT2D eigenvalue weighted by molar-refractivity contribution is 5.92. The van der Waals surface area contributed by atoms with Crippen LogP contribution >= 0.6 is 12.4 Å². The van der Waals surface area contributed by atoms with Gasteiger partial charge >= 0.3 is 0 Å². The molecule has 0 fully saturated rings. The molecule has 1 rings (SSSR count). The minimum Gasteiger partial charge on any atom is -0.383 e. The lowest BCUT2D eigenvalue weighted by atomic mass is 10.4. The fraction of sp³-hybridized carbons (Fsp3) is 0.545. The molecule has 17 heavy (non-hydrogen) atoms. The molecule has 0 atom stereocenters. The summed E-state index contributed by atoms with van der Waals surface area (Å²) in [6.45, 7) is 2.86. The Morgan fingerprint density at radius 3 is 2.76 bits per heavy atom. The van der Waals surface area contributed by atoms with Gasteiger partial charge in [-0.2, -0.15) is 0 Å². The van der Waals surface area contributed by atoms with E-state index in [1.807, 2.05) is 19.3 Å². The molecule has 1 aromatic heterocycles. The van der Waals surface area contributed by atoms with Crippen molar-refractivity contribution in [1.82, 2.24) is 15.2 Å². The van der Waals surface area contributed by atoms with E-state index < -0.39 is 0 Å². The minimum absolute atomic E-state index is 0. The number of halogens is 1. The van der Waals surface area contributed by atoms with E-state index in [1.165, 1.54) is 0 Å². The molecule has 0 spiro atoms. The molecule has 98 valence electrons. The van der Waals surface area contributed by atoms with E-state index >= 15 is 0 Å². The van der Waals surface area contributed by atoms with E-state index in [2.05, 4.69) is 10.6 Å². The van der Waals surface area contributed by atoms with Crippen molar-refractivity contribution in [3.05, 3.63) is 24.0 Å². The molecule has 1 amide bonds. The van der Waals surface area contributed by atoms with E-state index in [0.29, 0.717) is 18.8 Å². The molecule has 0 unspecified atom stereocenters. The summed E-state index contributed by atoms with van der Waals surface area (Å²) in [5, 5.41) is 5.99. The van der Waals surface area contributed by atoms with Crippen LogP contribution in [0.25, 0.3) is 0 Å². The molecule has 0 saturated carbocycles. The largest absolute Gasteiger partial charge is 0.383 e. The number of hydrogen-bond acceptors (Lipinski definition) is 3. The number of methoxy groups -OCH3 is 1. The van der Waals surface area contributed by atoms with Gasteiger partial charge in [-0.1, -0.05) is 0 Å². The molecule has 0 radical (unpaired) electrons. The van der Waals surface area contributed by atoms with Gasteiger partial charge in [0.15, 0.2) is 0 Å². The quantitative estimate of drug-likeness (QED) is 0.700. The number of carbonyl (C=O) groups is 1. The van der Waals surface area contributed by atoms with Crippen molar-refractivity contribution < 1.29 is 9.53 Å². The Kier molecular flexibility index (Phi) is 8.49. The van der Waals surface area contributed by atoms with Crippen LogP contribution in [0.1, 0.15) is 10.5 Å². The van der Waals surface area contributed by atoms with Crippen LogP contribution in [0.3, 0.4) is 0 Å². The first-order chi connectivity index (χ1) is 7.75. The Balaban J connectivity index is 0.00000256. The summed E-state index contributed by atoms with van der Waals surface area (Å²) >= 11 is 0. The van der Waals surface area contributed by atoms with Gasteiger partial charge in [0.25, 0.3) is 5.91 Å². The van der Waals surface area contributed by atoms with Crippen molar-refractivity contribution >= 4 is 18.3 Å². The van der Waals surface area contributed by atoms with E-state index in [1.54, 1.807) is 17.7 Å². The minimum atomic E-state index is -0.0407. The average molecular weight is 262 g/mol. The number of aromatic nitrogens is 1. The first kappa shape index (κ1) is 16.0. The second-order valence-corrected chi connectivity index (χ2v) is 3.50. The second-order valence-electron chi connectivity index (χ2n) is 3.50. The maximum absolute atomic E-state index is 11.6. The number of ether oxygens (including phenoxy) is 1. The van der Waals surface area contributed by atoms with Gasteiger partial charge in [-0.15, -0.1) is 12.4 Å². The van der Waals surface area contributed by atoms with Crippen molar-refractivity contribution in [2.75, 3.05) is 33.4 Å². The molecule has 0 saturated heterocycles. The molecule has 0 aliphatic rings. The fourth-order valence-electron chi connectivity index (χ4n) is 1.35. The van der Waals surface area contributed by atoms with Gasteiger partial charge in [0.1, 0.15) is 5.69 Å². The summed E-state index contributed by atoms with van der Waals surface area (Å²) in [7, 11) is 3.52. The van der Waals surface area contributed by atoms with Crippen molar-refractivity contribution in [3.63, 3.8) is 0 Å². The van der Waals surface area contributed by atoms with Crippen molar-refractivity contribution in [3.8, 4) is 0 Å². The third-order valence-corrected chi connectivity index (χ3v) is 2.25. The Bertz CT molecular complexity index is 328. The number of nitrogens with zero attached hydrogens (tertiary/aromatic N) is 1. The summed E-state index contributed by atoms with van der Waals surface area (Å²) in [6.07, 6.45) is 1.85. The standard InChI is InChI=1S/C11H19N3O2.ClH/c1-14-8-3-4-10(14)11(15)13-6-5-12-7-9-16-2;/h3-4,8,12H,5-7,9H2,1-2H3,(H,13,15);1H. The number of carbonyl (C=O) groups excluding carboxylic acids is 1. The van der Waals surface area contributed by atoms with E-state index in [0.717, 1.165) is 13.1 Å². The summed E-state index contributed by atoms with van der Waals surface area (Å²) in [5.41, 5.74) is 0.678. The second kappa shape index (κ2) is 9.04. The summed E-state index contributed by atoms with van der Waals surface area (Å²) < 4.78 is 6.69. The molecule has 0 aliphatic carbocycles. The third-order valence-electron chi connectivity index (χ3n) is 2.25. The van der Waals surface area contributed by atoms with Gasteiger partial charge < -0.3 is 19.9 Å². The fourth-order valence-corrected chi connectivity index (χ4v) is 1.35. The first-order valence-corrected chi connectivity index (χ1v) is 5.35. The van der Waals surface area contributed by atoms with E-state index in [-0.39, 0.29) is 18.3 Å². The van der Waals surface area contributed by atoms with Gasteiger partial charge in [0, 0.05) is 40.0 Å². The molecule has 2 N–H and O–H groups in total. The number of aryl methyl sites for hydroxylation is 1. The van der Waals surface area contributed by atoms with Crippen molar-refractivity contribution in [2.24, 2.45) is 7.05 Å². The van der Waals surface area contributed by atoms with Gasteiger partial charge in [0.2, 0.25) is 0 Å². The van der Waals surface area contributed by atoms with Crippen LogP contribution in [-0.2, 0) is 11.8 Å². The Morgan fingerprint density at radius 2 is 2.18 bits per heavy atom. The molecular formula is C11H20ClN3O2. The number of hydrogen-bond donors (Lipinski definition) is 2. The normalized spacial score (nSPS) is 9.76. The highest BCUT2D eigenvalue weighted by Crippen LogP contribution is 1.98. The zero-order valence-corrected chi connectivity index (χ0v) is 11.0. The predicted octanol–water partition coefficient (Wildman–Crippen LogP) is 0.413. The molecule has 1 aromatic rings. The van der Waals surface area contributed by atoms with Crippen LogP contribution in [0.2, 0.25) is 0 Å². The lowest BCUT2D eigenvalue weighted by molar-refractivity contribution is 0.0945. The zero-order valence-electron chi connectivity index (χ0n) is 10.2. The highest BCUT2D eigenvalue weighted by Gasteiger charge is 2.06. The molecule has 0 aliphatic heterocycles. The van der Waals surface area contributed by atoms with Crippen LogP contribution in [0.4, 0.5) is 0 Å². The molecule has 5 nitrogen and oxygen atoms in total. The van der Waals surface area contributed by atoms with Gasteiger partial charge in [-0.05, 0) is 12.1 Å². The SMILES string of the molecule is COCCNCCNC(=O)c1cccn1C.Cl. The van der Waals surface area contributed by atoms with Crippen LogP contribution in [-0.4, -0.2) is 43.8 Å². The van der Waals surface area contributed by atoms with Gasteiger partial charge in [-0.3, -0.25) is 4.79 Å². The lowest BCUT2D eigenvalue weighted by Crippen LogP contribution is -2.33. The van der Waals surface area contributed by atoms with Crippen molar-refractivity contribution in [1.29, 1.82) is 0 Å². The monoisotopic (exact) mass is 261 g/mol. The maximum atomic E-state index is 11.6. The summed E-state index contributed by atoms with van der Waals surface area (Å²) in [6, 6.07) is 3.65. The molecule has 6 heteroatoms. The zero-order chi connectivity index (χ0) is 11.8. The Morgan fingerprint density at radius 1 is 1.41 bits per heavy atom. The van der Waals surface area contributed by atoms with Crippen LogP contribution in [0.15, 0.2) is 18.3 Å². The number of nitrogens with one attached hydrogen (secondary N) is 2. The van der Waals surface area contributed by atoms with Crippen LogP contribution < -0.4 is 10.6 Å². The average Bonchev–Trinajstić information content (AvgIpc) is 2.69. The van der Waals surface area contributed by atoms with E-state index in [9.17, 15) is 4.79 Å². The number of amides is 1. The maximum Gasteiger partial charge on any atom is 0.267 e. The predicted molar refractivity (Wildman–Crippen MR) is 69.7 cm³/mol. The highest BCUT2D eigenvalue weighted by atomic mass is 35.5. The van der Waals surface area contributed by atoms with Gasteiger partial charge in [0.05, 0.1) is 6.61 Å². The lowest BCUT2D eigenvalue weighted by Gasteiger charge is -2.07. The summed E-state index contributed by atoms with van der Waals surface area (Å²) in [5.74, 6) is -0.0407. The summed E-state index contributed by atoms with van der Waals surface area (Å²) in [4.78, 5) is 11.6. The Labute approximate surface area is 108 Å². The Hall–Kier alpha value is -1.04. The number of rotatable bonds is 7. The topological polar surface area (TPSA) is 55.3 Å². The van der Waals surface area contributed by atoms with Crippen LogP contribution in [0, 0.1) is 0 Å².